The van der Waals surface area contributed by atoms with Crippen LogP contribution in [0.4, 0.5) is 0 Å². The minimum atomic E-state index is 0.0245. The zero-order chi connectivity index (χ0) is 17.5. The molecule has 128 valence electrons. The highest BCUT2D eigenvalue weighted by Gasteiger charge is 2.06. The topological polar surface area (TPSA) is 9.23 Å². The lowest BCUT2D eigenvalue weighted by Gasteiger charge is -2.14. The summed E-state index contributed by atoms with van der Waals surface area (Å²) in [6.45, 7) is 2.66. The third kappa shape index (κ3) is 5.45. The van der Waals surface area contributed by atoms with Gasteiger partial charge in [0.25, 0.3) is 0 Å². The van der Waals surface area contributed by atoms with Crippen LogP contribution in [-0.4, -0.2) is 0 Å². The van der Waals surface area contributed by atoms with E-state index in [0.717, 1.165) is 23.4 Å². The van der Waals surface area contributed by atoms with Crippen LogP contribution in [-0.2, 0) is 24.2 Å². The molecule has 0 aromatic heterocycles. The Morgan fingerprint density at radius 2 is 1.40 bits per heavy atom. The molecule has 1 atom stereocenters. The molecule has 2 heteroatoms. The van der Waals surface area contributed by atoms with E-state index in [1.54, 1.807) is 0 Å². The molecule has 0 aliphatic heterocycles. The largest absolute Gasteiger partial charge is 0.369 e. The number of hydrogen-bond donors (Lipinski definition) is 0. The minimum Gasteiger partial charge on any atom is -0.369 e. The second-order valence-electron chi connectivity index (χ2n) is 6.31. The molecule has 25 heavy (non-hydrogen) atoms. The Kier molecular flexibility index (Phi) is 6.27. The van der Waals surface area contributed by atoms with Gasteiger partial charge in [0.15, 0.2) is 0 Å². The Morgan fingerprint density at radius 1 is 0.760 bits per heavy atom. The van der Waals surface area contributed by atoms with Gasteiger partial charge in [-0.3, -0.25) is 0 Å². The van der Waals surface area contributed by atoms with Gasteiger partial charge in [0.1, 0.15) is 0 Å². The van der Waals surface area contributed by atoms with Crippen molar-refractivity contribution in [3.05, 3.63) is 106 Å². The van der Waals surface area contributed by atoms with E-state index in [1.165, 1.54) is 16.7 Å². The van der Waals surface area contributed by atoms with Gasteiger partial charge in [-0.05, 0) is 54.2 Å². The molecule has 1 unspecified atom stereocenters. The average Bonchev–Trinajstić information content (AvgIpc) is 2.66. The summed E-state index contributed by atoms with van der Waals surface area (Å²) >= 11 is 6.04. The molecular formula is C23H23ClO. The van der Waals surface area contributed by atoms with Crippen LogP contribution in [0, 0.1) is 0 Å². The first-order chi connectivity index (χ1) is 12.2. The quantitative estimate of drug-likeness (QED) is 0.478. The van der Waals surface area contributed by atoms with E-state index in [2.05, 4.69) is 61.5 Å². The Morgan fingerprint density at radius 3 is 2.08 bits per heavy atom. The Bertz CT molecular complexity index is 781. The molecule has 0 radical (unpaired) electrons. The van der Waals surface area contributed by atoms with Crippen LogP contribution in [0.3, 0.4) is 0 Å². The molecule has 0 amide bonds. The fraction of sp³-hybridized carbons (Fsp3) is 0.217. The van der Waals surface area contributed by atoms with Gasteiger partial charge in [-0.15, -0.1) is 0 Å². The van der Waals surface area contributed by atoms with Crippen LogP contribution in [0.2, 0.25) is 5.02 Å². The van der Waals surface area contributed by atoms with Gasteiger partial charge in [0, 0.05) is 5.02 Å². The van der Waals surface area contributed by atoms with Crippen molar-refractivity contribution < 1.29 is 4.74 Å². The zero-order valence-electron chi connectivity index (χ0n) is 14.5. The Balaban J connectivity index is 1.50. The first-order valence-electron chi connectivity index (χ1n) is 8.69. The fourth-order valence-corrected chi connectivity index (χ4v) is 3.01. The third-order valence-corrected chi connectivity index (χ3v) is 4.62. The number of hydrogen-bond acceptors (Lipinski definition) is 1. The molecule has 0 fully saturated rings. The predicted octanol–water partition coefficient (Wildman–Crippen LogP) is 6.40. The van der Waals surface area contributed by atoms with Crippen LogP contribution >= 0.6 is 11.6 Å². The van der Waals surface area contributed by atoms with E-state index in [1.807, 2.05) is 24.3 Å². The first-order valence-corrected chi connectivity index (χ1v) is 9.07. The fourth-order valence-electron chi connectivity index (χ4n) is 2.81. The monoisotopic (exact) mass is 350 g/mol. The second kappa shape index (κ2) is 8.84. The molecular weight excluding hydrogens is 328 g/mol. The van der Waals surface area contributed by atoms with E-state index in [4.69, 9.17) is 16.3 Å². The highest BCUT2D eigenvalue weighted by atomic mass is 35.5. The lowest BCUT2D eigenvalue weighted by molar-refractivity contribution is 0.0525. The van der Waals surface area contributed by atoms with Gasteiger partial charge in [0.05, 0.1) is 12.7 Å². The highest BCUT2D eigenvalue weighted by molar-refractivity contribution is 6.30. The number of ether oxygens (including phenoxy) is 1. The highest BCUT2D eigenvalue weighted by Crippen LogP contribution is 2.21. The second-order valence-corrected chi connectivity index (χ2v) is 6.75. The molecule has 0 saturated heterocycles. The van der Waals surface area contributed by atoms with Crippen molar-refractivity contribution in [2.75, 3.05) is 0 Å². The van der Waals surface area contributed by atoms with Crippen molar-refractivity contribution in [3.8, 4) is 0 Å². The number of benzene rings is 3. The van der Waals surface area contributed by atoms with Gasteiger partial charge < -0.3 is 4.74 Å². The standard InChI is InChI=1S/C23H23ClO/c1-18(22-8-5-9-23(24)16-22)25-17-21-14-12-20(13-15-21)11-10-19-6-3-2-4-7-19/h2-9,12-16,18H,10-11,17H2,1H3. The van der Waals surface area contributed by atoms with Crippen molar-refractivity contribution in [1.82, 2.24) is 0 Å². The molecule has 3 aromatic carbocycles. The van der Waals surface area contributed by atoms with E-state index >= 15 is 0 Å². The van der Waals surface area contributed by atoms with Crippen LogP contribution in [0.5, 0.6) is 0 Å². The van der Waals surface area contributed by atoms with Crippen molar-refractivity contribution in [1.29, 1.82) is 0 Å². The van der Waals surface area contributed by atoms with Crippen molar-refractivity contribution in [2.24, 2.45) is 0 Å². The molecule has 1 nitrogen and oxygen atoms in total. The van der Waals surface area contributed by atoms with Crippen molar-refractivity contribution >= 4 is 11.6 Å². The molecule has 0 heterocycles. The molecule has 3 rings (SSSR count). The number of rotatable bonds is 7. The van der Waals surface area contributed by atoms with Gasteiger partial charge in [-0.25, -0.2) is 0 Å². The van der Waals surface area contributed by atoms with Crippen LogP contribution < -0.4 is 0 Å². The third-order valence-electron chi connectivity index (χ3n) is 4.39. The van der Waals surface area contributed by atoms with Gasteiger partial charge >= 0.3 is 0 Å². The molecule has 0 N–H and O–H groups in total. The Hall–Kier alpha value is -2.09. The van der Waals surface area contributed by atoms with Crippen LogP contribution in [0.15, 0.2) is 78.9 Å². The van der Waals surface area contributed by atoms with Gasteiger partial charge in [-0.2, -0.15) is 0 Å². The lowest BCUT2D eigenvalue weighted by atomic mass is 10.0. The van der Waals surface area contributed by atoms with Crippen molar-refractivity contribution in [2.45, 2.75) is 32.5 Å². The average molecular weight is 351 g/mol. The summed E-state index contributed by atoms with van der Waals surface area (Å²) in [7, 11) is 0. The van der Waals surface area contributed by atoms with Crippen LogP contribution in [0.1, 0.15) is 35.3 Å². The summed E-state index contributed by atoms with van der Waals surface area (Å²) in [5, 5.41) is 0.746. The number of aryl methyl sites for hydroxylation is 2. The maximum Gasteiger partial charge on any atom is 0.0801 e. The smallest absolute Gasteiger partial charge is 0.0801 e. The van der Waals surface area contributed by atoms with Crippen molar-refractivity contribution in [3.63, 3.8) is 0 Å². The zero-order valence-corrected chi connectivity index (χ0v) is 15.2. The molecule has 0 spiro atoms. The van der Waals surface area contributed by atoms with Gasteiger partial charge in [-0.1, -0.05) is 78.3 Å². The first kappa shape index (κ1) is 17.7. The van der Waals surface area contributed by atoms with Crippen LogP contribution in [0.25, 0.3) is 0 Å². The normalized spacial score (nSPS) is 12.1. The summed E-state index contributed by atoms with van der Waals surface area (Å²) in [6.07, 6.45) is 2.16. The lowest BCUT2D eigenvalue weighted by Crippen LogP contribution is -2.00. The van der Waals surface area contributed by atoms with E-state index in [9.17, 15) is 0 Å². The van der Waals surface area contributed by atoms with Gasteiger partial charge in [0.2, 0.25) is 0 Å². The summed E-state index contributed by atoms with van der Waals surface area (Å²) in [6, 6.07) is 27.2. The molecule has 0 saturated carbocycles. The molecule has 3 aromatic rings. The summed E-state index contributed by atoms with van der Waals surface area (Å²) in [5.74, 6) is 0. The van der Waals surface area contributed by atoms with E-state index in [0.29, 0.717) is 6.61 Å². The summed E-state index contributed by atoms with van der Waals surface area (Å²) in [4.78, 5) is 0. The SMILES string of the molecule is CC(OCc1ccc(CCc2ccccc2)cc1)c1cccc(Cl)c1. The maximum absolute atomic E-state index is 6.04. The summed E-state index contributed by atoms with van der Waals surface area (Å²) < 4.78 is 5.98. The molecule has 0 aliphatic carbocycles. The molecule has 0 bridgehead atoms. The number of halogens is 1. The molecule has 0 aliphatic rings. The van der Waals surface area contributed by atoms with E-state index < -0.39 is 0 Å². The summed E-state index contributed by atoms with van der Waals surface area (Å²) in [5.41, 5.74) is 5.03. The maximum atomic E-state index is 6.04. The Labute approximate surface area is 155 Å². The minimum absolute atomic E-state index is 0.0245. The van der Waals surface area contributed by atoms with E-state index in [-0.39, 0.29) is 6.10 Å². The predicted molar refractivity (Wildman–Crippen MR) is 105 cm³/mol.